The Morgan fingerprint density at radius 2 is 2.00 bits per heavy atom. The Hall–Kier alpha value is -1.29. The van der Waals surface area contributed by atoms with E-state index in [1.165, 1.54) is 31.2 Å². The normalized spacial score (nSPS) is 15.2. The van der Waals surface area contributed by atoms with Crippen LogP contribution >= 0.6 is 12.2 Å². The van der Waals surface area contributed by atoms with Crippen molar-refractivity contribution >= 4 is 17.3 Å². The van der Waals surface area contributed by atoms with Crippen LogP contribution in [0.25, 0.3) is 0 Å². The summed E-state index contributed by atoms with van der Waals surface area (Å²) in [6.07, 6.45) is 5.07. The molecule has 21 heavy (non-hydrogen) atoms. The zero-order chi connectivity index (χ0) is 15.2. The highest BCUT2D eigenvalue weighted by molar-refractivity contribution is 7.80. The molecule has 0 aliphatic heterocycles. The Morgan fingerprint density at radius 3 is 2.62 bits per heavy atom. The van der Waals surface area contributed by atoms with Crippen molar-refractivity contribution in [2.45, 2.75) is 58.2 Å². The predicted molar refractivity (Wildman–Crippen MR) is 91.7 cm³/mol. The average Bonchev–Trinajstić information content (AvgIpc) is 2.98. The molecular formula is C17H26N2OS. The first kappa shape index (κ1) is 16.1. The maximum atomic E-state index is 5.64. The molecule has 1 saturated carbocycles. The Bertz CT molecular complexity index is 470. The van der Waals surface area contributed by atoms with Crippen molar-refractivity contribution in [3.63, 3.8) is 0 Å². The van der Waals surface area contributed by atoms with Crippen LogP contribution < -0.4 is 10.1 Å². The first-order valence-corrected chi connectivity index (χ1v) is 8.21. The van der Waals surface area contributed by atoms with Gasteiger partial charge in [0.15, 0.2) is 5.11 Å². The minimum absolute atomic E-state index is 0.360. The highest BCUT2D eigenvalue weighted by Crippen LogP contribution is 2.27. The third-order valence-corrected chi connectivity index (χ3v) is 4.32. The molecule has 2 rings (SSSR count). The number of ether oxygens (including phenoxy) is 1. The lowest BCUT2D eigenvalue weighted by molar-refractivity contribution is 0.295. The zero-order valence-electron chi connectivity index (χ0n) is 13.3. The third-order valence-electron chi connectivity index (χ3n) is 3.97. The summed E-state index contributed by atoms with van der Waals surface area (Å²) in [6.45, 7) is 5.07. The molecule has 116 valence electrons. The summed E-state index contributed by atoms with van der Waals surface area (Å²) in [5, 5.41) is 4.26. The SMILES string of the molecule is COc1ccccc1CN(C(=S)NC(C)C)C1CCCC1. The van der Waals surface area contributed by atoms with Crippen LogP contribution in [0.15, 0.2) is 24.3 Å². The van der Waals surface area contributed by atoms with Crippen LogP contribution in [0.4, 0.5) is 0 Å². The fourth-order valence-electron chi connectivity index (χ4n) is 2.93. The average molecular weight is 306 g/mol. The fourth-order valence-corrected chi connectivity index (χ4v) is 3.38. The minimum atomic E-state index is 0.360. The number of rotatable bonds is 5. The van der Waals surface area contributed by atoms with Gasteiger partial charge in [-0.25, -0.2) is 0 Å². The van der Waals surface area contributed by atoms with Crippen LogP contribution in [0.5, 0.6) is 5.75 Å². The molecule has 1 aliphatic carbocycles. The van der Waals surface area contributed by atoms with Gasteiger partial charge in [-0.1, -0.05) is 31.0 Å². The Morgan fingerprint density at radius 1 is 1.33 bits per heavy atom. The number of nitrogens with one attached hydrogen (secondary N) is 1. The first-order valence-electron chi connectivity index (χ1n) is 7.81. The van der Waals surface area contributed by atoms with Gasteiger partial charge in [-0.15, -0.1) is 0 Å². The molecule has 4 heteroatoms. The van der Waals surface area contributed by atoms with E-state index < -0.39 is 0 Å². The standard InChI is InChI=1S/C17H26N2OS/c1-13(2)18-17(21)19(15-9-5-6-10-15)12-14-8-4-7-11-16(14)20-3/h4,7-8,11,13,15H,5-6,9-10,12H2,1-3H3,(H,18,21). The van der Waals surface area contributed by atoms with Gasteiger partial charge in [-0.05, 0) is 45.0 Å². The summed E-state index contributed by atoms with van der Waals surface area (Å²) < 4.78 is 5.48. The van der Waals surface area contributed by atoms with E-state index in [0.717, 1.165) is 17.4 Å². The lowest BCUT2D eigenvalue weighted by Crippen LogP contribution is -2.46. The third kappa shape index (κ3) is 4.34. The second-order valence-corrected chi connectivity index (χ2v) is 6.37. The number of hydrogen-bond donors (Lipinski definition) is 1. The molecular weight excluding hydrogens is 280 g/mol. The minimum Gasteiger partial charge on any atom is -0.496 e. The van der Waals surface area contributed by atoms with Crippen molar-refractivity contribution < 1.29 is 4.74 Å². The molecule has 0 unspecified atom stereocenters. The van der Waals surface area contributed by atoms with Crippen molar-refractivity contribution in [2.24, 2.45) is 0 Å². The molecule has 1 aliphatic rings. The summed E-state index contributed by atoms with van der Waals surface area (Å²) in [6, 6.07) is 9.11. The van der Waals surface area contributed by atoms with Crippen molar-refractivity contribution in [2.75, 3.05) is 7.11 Å². The lowest BCUT2D eigenvalue weighted by atomic mass is 10.1. The lowest BCUT2D eigenvalue weighted by Gasteiger charge is -2.33. The Balaban J connectivity index is 2.16. The summed E-state index contributed by atoms with van der Waals surface area (Å²) in [7, 11) is 1.73. The van der Waals surface area contributed by atoms with E-state index >= 15 is 0 Å². The molecule has 0 aromatic heterocycles. The van der Waals surface area contributed by atoms with Crippen LogP contribution in [0.2, 0.25) is 0 Å². The smallest absolute Gasteiger partial charge is 0.169 e. The van der Waals surface area contributed by atoms with E-state index in [-0.39, 0.29) is 0 Å². The van der Waals surface area contributed by atoms with Crippen LogP contribution in [-0.2, 0) is 6.54 Å². The van der Waals surface area contributed by atoms with Crippen molar-refractivity contribution in [1.29, 1.82) is 0 Å². The molecule has 3 nitrogen and oxygen atoms in total. The summed E-state index contributed by atoms with van der Waals surface area (Å²) in [4.78, 5) is 2.35. The van der Waals surface area contributed by atoms with Gasteiger partial charge < -0.3 is 15.0 Å². The first-order chi connectivity index (χ1) is 10.1. The Labute approximate surface area is 133 Å². The summed E-state index contributed by atoms with van der Waals surface area (Å²) in [5.74, 6) is 0.938. The van der Waals surface area contributed by atoms with E-state index in [9.17, 15) is 0 Å². The van der Waals surface area contributed by atoms with E-state index in [1.807, 2.05) is 12.1 Å². The largest absolute Gasteiger partial charge is 0.496 e. The second kappa shape index (κ2) is 7.64. The Kier molecular flexibility index (Phi) is 5.85. The zero-order valence-corrected chi connectivity index (χ0v) is 14.1. The predicted octanol–water partition coefficient (Wildman–Crippen LogP) is 3.72. The summed E-state index contributed by atoms with van der Waals surface area (Å²) in [5.41, 5.74) is 1.19. The number of hydrogen-bond acceptors (Lipinski definition) is 2. The molecule has 1 fully saturated rings. The van der Waals surface area contributed by atoms with Gasteiger partial charge in [0.1, 0.15) is 5.75 Å². The van der Waals surface area contributed by atoms with Gasteiger partial charge in [-0.2, -0.15) is 0 Å². The van der Waals surface area contributed by atoms with Crippen LogP contribution in [-0.4, -0.2) is 29.2 Å². The van der Waals surface area contributed by atoms with Gasteiger partial charge in [0, 0.05) is 24.2 Å². The van der Waals surface area contributed by atoms with Crippen LogP contribution in [0.3, 0.4) is 0 Å². The number of benzene rings is 1. The van der Waals surface area contributed by atoms with Crippen LogP contribution in [0.1, 0.15) is 45.1 Å². The van der Waals surface area contributed by atoms with Crippen molar-refractivity contribution in [1.82, 2.24) is 10.2 Å². The molecule has 0 atom stereocenters. The van der Waals surface area contributed by atoms with E-state index in [2.05, 4.69) is 36.2 Å². The van der Waals surface area contributed by atoms with Crippen molar-refractivity contribution in [3.05, 3.63) is 29.8 Å². The van der Waals surface area contributed by atoms with Gasteiger partial charge >= 0.3 is 0 Å². The maximum Gasteiger partial charge on any atom is 0.169 e. The number of para-hydroxylation sites is 1. The van der Waals surface area contributed by atoms with Crippen molar-refractivity contribution in [3.8, 4) is 5.75 Å². The monoisotopic (exact) mass is 306 g/mol. The number of nitrogens with zero attached hydrogens (tertiary/aromatic N) is 1. The van der Waals surface area contributed by atoms with E-state index in [4.69, 9.17) is 17.0 Å². The summed E-state index contributed by atoms with van der Waals surface area (Å²) >= 11 is 5.64. The van der Waals surface area contributed by atoms with E-state index in [0.29, 0.717) is 12.1 Å². The topological polar surface area (TPSA) is 24.5 Å². The fraction of sp³-hybridized carbons (Fsp3) is 0.588. The molecule has 1 aromatic carbocycles. The van der Waals surface area contributed by atoms with Gasteiger partial charge in [0.05, 0.1) is 7.11 Å². The van der Waals surface area contributed by atoms with Gasteiger partial charge in [0.2, 0.25) is 0 Å². The highest BCUT2D eigenvalue weighted by atomic mass is 32.1. The second-order valence-electron chi connectivity index (χ2n) is 5.98. The molecule has 0 saturated heterocycles. The van der Waals surface area contributed by atoms with Crippen LogP contribution in [0, 0.1) is 0 Å². The number of methoxy groups -OCH3 is 1. The van der Waals surface area contributed by atoms with Gasteiger partial charge in [0.25, 0.3) is 0 Å². The molecule has 0 amide bonds. The molecule has 0 radical (unpaired) electrons. The molecule has 0 heterocycles. The molecule has 0 bridgehead atoms. The molecule has 0 spiro atoms. The number of thiocarbonyl (C=S) groups is 1. The molecule has 1 N–H and O–H groups in total. The maximum absolute atomic E-state index is 5.64. The quantitative estimate of drug-likeness (QED) is 0.838. The highest BCUT2D eigenvalue weighted by Gasteiger charge is 2.25. The van der Waals surface area contributed by atoms with E-state index in [1.54, 1.807) is 7.11 Å². The van der Waals surface area contributed by atoms with Gasteiger partial charge in [-0.3, -0.25) is 0 Å². The molecule has 1 aromatic rings.